The SMILES string of the molecule is Cc1c(N)cccc1-c1noc(CC2CC3CCC2C3)n1. The number of nitrogens with zero attached hydrogens (tertiary/aromatic N) is 2. The first-order valence-corrected chi connectivity index (χ1v) is 7.88. The molecule has 0 aliphatic heterocycles. The fourth-order valence-corrected chi connectivity index (χ4v) is 4.19. The zero-order chi connectivity index (χ0) is 14.4. The van der Waals surface area contributed by atoms with Gasteiger partial charge >= 0.3 is 0 Å². The molecule has 4 heteroatoms. The van der Waals surface area contributed by atoms with Crippen molar-refractivity contribution in [2.75, 3.05) is 5.73 Å². The molecular weight excluding hydrogens is 262 g/mol. The van der Waals surface area contributed by atoms with Crippen molar-refractivity contribution in [3.8, 4) is 11.4 Å². The van der Waals surface area contributed by atoms with Crippen LogP contribution in [-0.4, -0.2) is 10.1 Å². The maximum absolute atomic E-state index is 5.95. The highest BCUT2D eigenvalue weighted by Crippen LogP contribution is 2.49. The largest absolute Gasteiger partial charge is 0.398 e. The number of fused-ring (bicyclic) bond motifs is 2. The summed E-state index contributed by atoms with van der Waals surface area (Å²) in [5.74, 6) is 4.04. The third-order valence-corrected chi connectivity index (χ3v) is 5.41. The molecule has 2 aliphatic rings. The van der Waals surface area contributed by atoms with Gasteiger partial charge < -0.3 is 10.3 Å². The molecule has 0 saturated heterocycles. The molecule has 4 rings (SSSR count). The van der Waals surface area contributed by atoms with Crippen LogP contribution in [0.15, 0.2) is 22.7 Å². The van der Waals surface area contributed by atoms with E-state index in [1.54, 1.807) is 0 Å². The van der Waals surface area contributed by atoms with Crippen LogP contribution in [0.1, 0.15) is 37.1 Å². The van der Waals surface area contributed by atoms with Gasteiger partial charge in [0.05, 0.1) is 0 Å². The third-order valence-electron chi connectivity index (χ3n) is 5.41. The molecule has 1 aromatic carbocycles. The van der Waals surface area contributed by atoms with Crippen molar-refractivity contribution in [3.05, 3.63) is 29.7 Å². The van der Waals surface area contributed by atoms with E-state index >= 15 is 0 Å². The number of hydrogen-bond donors (Lipinski definition) is 1. The maximum atomic E-state index is 5.95. The van der Waals surface area contributed by atoms with Crippen LogP contribution in [0.5, 0.6) is 0 Å². The summed E-state index contributed by atoms with van der Waals surface area (Å²) in [5, 5.41) is 4.15. The lowest BCUT2D eigenvalue weighted by Gasteiger charge is -2.19. The van der Waals surface area contributed by atoms with Gasteiger partial charge in [0.1, 0.15) is 0 Å². The number of nitrogen functional groups attached to an aromatic ring is 1. The summed E-state index contributed by atoms with van der Waals surface area (Å²) in [6.07, 6.45) is 6.53. The number of nitrogens with two attached hydrogens (primary N) is 1. The van der Waals surface area contributed by atoms with Crippen molar-refractivity contribution < 1.29 is 4.52 Å². The predicted molar refractivity (Wildman–Crippen MR) is 81.5 cm³/mol. The molecule has 4 nitrogen and oxygen atoms in total. The lowest BCUT2D eigenvalue weighted by molar-refractivity contribution is 0.288. The molecule has 2 aliphatic carbocycles. The average molecular weight is 283 g/mol. The molecule has 2 N–H and O–H groups in total. The fraction of sp³-hybridized carbons (Fsp3) is 0.529. The Bertz CT molecular complexity index is 664. The number of hydrogen-bond acceptors (Lipinski definition) is 4. The van der Waals surface area contributed by atoms with Gasteiger partial charge in [-0.3, -0.25) is 0 Å². The van der Waals surface area contributed by atoms with Gasteiger partial charge in [-0.1, -0.05) is 23.7 Å². The molecular formula is C17H21N3O. The molecule has 0 radical (unpaired) electrons. The fourth-order valence-electron chi connectivity index (χ4n) is 4.19. The number of aromatic nitrogens is 2. The summed E-state index contributed by atoms with van der Waals surface area (Å²) in [4.78, 5) is 4.60. The normalized spacial score (nSPS) is 27.4. The second-order valence-corrected chi connectivity index (χ2v) is 6.67. The van der Waals surface area contributed by atoms with Crippen molar-refractivity contribution in [2.24, 2.45) is 17.8 Å². The van der Waals surface area contributed by atoms with Gasteiger partial charge in [-0.05, 0) is 55.6 Å². The predicted octanol–water partition coefficient (Wildman–Crippen LogP) is 3.61. The Hall–Kier alpha value is -1.84. The van der Waals surface area contributed by atoms with Gasteiger partial charge in [-0.25, -0.2) is 0 Å². The number of anilines is 1. The van der Waals surface area contributed by atoms with Crippen molar-refractivity contribution in [3.63, 3.8) is 0 Å². The number of benzene rings is 1. The van der Waals surface area contributed by atoms with Crippen LogP contribution >= 0.6 is 0 Å². The van der Waals surface area contributed by atoms with Crippen molar-refractivity contribution in [2.45, 2.75) is 39.0 Å². The molecule has 1 heterocycles. The summed E-state index contributed by atoms with van der Waals surface area (Å²) >= 11 is 0. The quantitative estimate of drug-likeness (QED) is 0.874. The van der Waals surface area contributed by atoms with Crippen LogP contribution in [0.25, 0.3) is 11.4 Å². The molecule has 21 heavy (non-hydrogen) atoms. The van der Waals surface area contributed by atoms with Gasteiger partial charge in [0.2, 0.25) is 11.7 Å². The molecule has 1 aromatic heterocycles. The first-order valence-electron chi connectivity index (χ1n) is 7.88. The van der Waals surface area contributed by atoms with Crippen LogP contribution in [-0.2, 0) is 6.42 Å². The van der Waals surface area contributed by atoms with Crippen molar-refractivity contribution in [1.29, 1.82) is 0 Å². The van der Waals surface area contributed by atoms with E-state index in [0.29, 0.717) is 5.82 Å². The van der Waals surface area contributed by atoms with Gasteiger partial charge in [0.15, 0.2) is 0 Å². The van der Waals surface area contributed by atoms with Gasteiger partial charge in [-0.15, -0.1) is 0 Å². The molecule has 3 atom stereocenters. The van der Waals surface area contributed by atoms with E-state index in [0.717, 1.165) is 46.9 Å². The molecule has 110 valence electrons. The highest BCUT2D eigenvalue weighted by Gasteiger charge is 2.40. The van der Waals surface area contributed by atoms with Crippen LogP contribution in [0.3, 0.4) is 0 Å². The van der Waals surface area contributed by atoms with E-state index in [-0.39, 0.29) is 0 Å². The molecule has 3 unspecified atom stereocenters. The Balaban J connectivity index is 1.54. The van der Waals surface area contributed by atoms with Crippen LogP contribution < -0.4 is 5.73 Å². The van der Waals surface area contributed by atoms with E-state index in [9.17, 15) is 0 Å². The number of rotatable bonds is 3. The van der Waals surface area contributed by atoms with E-state index in [1.165, 1.54) is 25.7 Å². The Kier molecular flexibility index (Phi) is 2.98. The Morgan fingerprint density at radius 3 is 2.95 bits per heavy atom. The van der Waals surface area contributed by atoms with Crippen molar-refractivity contribution >= 4 is 5.69 Å². The average Bonchev–Trinajstić information content (AvgIpc) is 3.18. The molecule has 0 spiro atoms. The Morgan fingerprint density at radius 1 is 1.29 bits per heavy atom. The molecule has 2 bridgehead atoms. The summed E-state index contributed by atoms with van der Waals surface area (Å²) in [6, 6.07) is 5.83. The summed E-state index contributed by atoms with van der Waals surface area (Å²) in [5.41, 5.74) is 8.71. The summed E-state index contributed by atoms with van der Waals surface area (Å²) in [7, 11) is 0. The van der Waals surface area contributed by atoms with Gasteiger partial charge in [0.25, 0.3) is 0 Å². The minimum atomic E-state index is 0.665. The Morgan fingerprint density at radius 2 is 2.19 bits per heavy atom. The molecule has 2 saturated carbocycles. The maximum Gasteiger partial charge on any atom is 0.227 e. The monoisotopic (exact) mass is 283 g/mol. The van der Waals surface area contributed by atoms with Crippen molar-refractivity contribution in [1.82, 2.24) is 10.1 Å². The lowest BCUT2D eigenvalue weighted by atomic mass is 9.86. The standard InChI is InChI=1S/C17H21N3O/c1-10-14(3-2-4-15(10)18)17-19-16(21-20-17)9-13-8-11-5-6-12(13)7-11/h2-4,11-13H,5-9,18H2,1H3. The summed E-state index contributed by atoms with van der Waals surface area (Å²) in [6.45, 7) is 2.00. The second kappa shape index (κ2) is 4.86. The van der Waals surface area contributed by atoms with Crippen LogP contribution in [0, 0.1) is 24.7 Å². The molecule has 0 amide bonds. The molecule has 2 fully saturated rings. The zero-order valence-corrected chi connectivity index (χ0v) is 12.4. The molecule has 2 aromatic rings. The van der Waals surface area contributed by atoms with E-state index in [2.05, 4.69) is 10.1 Å². The van der Waals surface area contributed by atoms with Gasteiger partial charge in [0, 0.05) is 17.7 Å². The van der Waals surface area contributed by atoms with E-state index < -0.39 is 0 Å². The van der Waals surface area contributed by atoms with Crippen LogP contribution in [0.4, 0.5) is 5.69 Å². The van der Waals surface area contributed by atoms with E-state index in [1.807, 2.05) is 25.1 Å². The van der Waals surface area contributed by atoms with Gasteiger partial charge in [-0.2, -0.15) is 4.98 Å². The highest BCUT2D eigenvalue weighted by molar-refractivity contribution is 5.67. The first-order chi connectivity index (χ1) is 10.2. The topological polar surface area (TPSA) is 64.9 Å². The van der Waals surface area contributed by atoms with Crippen LogP contribution in [0.2, 0.25) is 0 Å². The third kappa shape index (κ3) is 2.23. The highest BCUT2D eigenvalue weighted by atomic mass is 16.5. The minimum Gasteiger partial charge on any atom is -0.398 e. The zero-order valence-electron chi connectivity index (χ0n) is 12.4. The second-order valence-electron chi connectivity index (χ2n) is 6.67. The summed E-state index contributed by atoms with van der Waals surface area (Å²) < 4.78 is 5.48. The lowest BCUT2D eigenvalue weighted by Crippen LogP contribution is -2.13. The van der Waals surface area contributed by atoms with E-state index in [4.69, 9.17) is 10.3 Å². The Labute approximate surface area is 124 Å². The smallest absolute Gasteiger partial charge is 0.227 e. The minimum absolute atomic E-state index is 0.665. The first kappa shape index (κ1) is 12.9.